The highest BCUT2D eigenvalue weighted by molar-refractivity contribution is 5.67. The fourth-order valence-corrected chi connectivity index (χ4v) is 2.26. The minimum Gasteiger partial charge on any atom is -0.481 e. The summed E-state index contributed by atoms with van der Waals surface area (Å²) in [6, 6.07) is 8.30. The molecule has 1 saturated heterocycles. The molecule has 0 unspecified atom stereocenters. The van der Waals surface area contributed by atoms with Crippen molar-refractivity contribution in [1.29, 1.82) is 0 Å². The first-order valence-electron chi connectivity index (χ1n) is 6.11. The quantitative estimate of drug-likeness (QED) is 0.865. The molecule has 1 aromatic carbocycles. The molecule has 4 nitrogen and oxygen atoms in total. The summed E-state index contributed by atoms with van der Waals surface area (Å²) in [5.74, 6) is -0.744. The third-order valence-electron chi connectivity index (χ3n) is 3.57. The molecule has 1 aliphatic heterocycles. The summed E-state index contributed by atoms with van der Waals surface area (Å²) < 4.78 is 5.30. The smallest absolute Gasteiger partial charge is 0.303 e. The number of hydrogen-bond donors (Lipinski definition) is 1. The van der Waals surface area contributed by atoms with Crippen LogP contribution in [0.25, 0.3) is 0 Å². The Morgan fingerprint density at radius 3 is 2.33 bits per heavy atom. The number of rotatable bonds is 5. The van der Waals surface area contributed by atoms with Gasteiger partial charge in [-0.3, -0.25) is 4.79 Å². The minimum absolute atomic E-state index is 0.0940. The van der Waals surface area contributed by atoms with E-state index in [9.17, 15) is 4.79 Å². The van der Waals surface area contributed by atoms with Gasteiger partial charge >= 0.3 is 5.97 Å². The van der Waals surface area contributed by atoms with Crippen LogP contribution in [0.15, 0.2) is 24.3 Å². The summed E-state index contributed by atoms with van der Waals surface area (Å²) in [5.41, 5.74) is 2.23. The molecule has 0 aromatic heterocycles. The van der Waals surface area contributed by atoms with Gasteiger partial charge in [-0.1, -0.05) is 12.1 Å². The van der Waals surface area contributed by atoms with Crippen LogP contribution < -0.4 is 4.90 Å². The molecule has 0 atom stereocenters. The molecule has 1 aliphatic rings. The molecule has 18 heavy (non-hydrogen) atoms. The van der Waals surface area contributed by atoms with Gasteiger partial charge in [0.1, 0.15) is 0 Å². The van der Waals surface area contributed by atoms with E-state index in [2.05, 4.69) is 24.3 Å². The van der Waals surface area contributed by atoms with Crippen molar-refractivity contribution in [2.24, 2.45) is 0 Å². The topological polar surface area (TPSA) is 49.8 Å². The van der Waals surface area contributed by atoms with E-state index in [0.29, 0.717) is 19.6 Å². The molecule has 0 radical (unpaired) electrons. The Bertz CT molecular complexity index is 421. The van der Waals surface area contributed by atoms with E-state index in [1.807, 2.05) is 19.0 Å². The highest BCUT2D eigenvalue weighted by Crippen LogP contribution is 2.37. The van der Waals surface area contributed by atoms with Crippen molar-refractivity contribution >= 4 is 11.7 Å². The Kier molecular flexibility index (Phi) is 3.57. The number of benzene rings is 1. The Morgan fingerprint density at radius 2 is 1.94 bits per heavy atom. The van der Waals surface area contributed by atoms with E-state index in [4.69, 9.17) is 9.84 Å². The van der Waals surface area contributed by atoms with Gasteiger partial charge in [0.2, 0.25) is 0 Å². The fourth-order valence-electron chi connectivity index (χ4n) is 2.26. The average molecular weight is 249 g/mol. The lowest BCUT2D eigenvalue weighted by atomic mass is 9.75. The molecule has 0 aliphatic carbocycles. The number of anilines is 1. The Labute approximate surface area is 107 Å². The largest absolute Gasteiger partial charge is 0.481 e. The van der Waals surface area contributed by atoms with Crippen molar-refractivity contribution < 1.29 is 14.6 Å². The van der Waals surface area contributed by atoms with Crippen LogP contribution >= 0.6 is 0 Å². The molecule has 2 rings (SSSR count). The third-order valence-corrected chi connectivity index (χ3v) is 3.57. The lowest BCUT2D eigenvalue weighted by molar-refractivity contribution is -0.139. The van der Waals surface area contributed by atoms with Gasteiger partial charge in [-0.2, -0.15) is 0 Å². The summed E-state index contributed by atoms with van der Waals surface area (Å²) in [5, 5.41) is 8.81. The maximum Gasteiger partial charge on any atom is 0.303 e. The van der Waals surface area contributed by atoms with Crippen molar-refractivity contribution in [2.75, 3.05) is 32.2 Å². The highest BCUT2D eigenvalue weighted by atomic mass is 16.5. The first kappa shape index (κ1) is 12.9. The van der Waals surface area contributed by atoms with Crippen molar-refractivity contribution in [3.63, 3.8) is 0 Å². The number of carboxylic acids is 1. The third kappa shape index (κ3) is 2.48. The van der Waals surface area contributed by atoms with Crippen LogP contribution in [0.1, 0.15) is 18.4 Å². The van der Waals surface area contributed by atoms with E-state index in [1.54, 1.807) is 0 Å². The molecule has 1 heterocycles. The summed E-state index contributed by atoms with van der Waals surface area (Å²) in [6.07, 6.45) is 0.836. The molecule has 1 fully saturated rings. The van der Waals surface area contributed by atoms with E-state index >= 15 is 0 Å². The second-order valence-electron chi connectivity index (χ2n) is 5.11. The maximum absolute atomic E-state index is 10.7. The van der Waals surface area contributed by atoms with Crippen LogP contribution in [0.2, 0.25) is 0 Å². The predicted molar refractivity (Wildman–Crippen MR) is 70.1 cm³/mol. The van der Waals surface area contributed by atoms with Crippen molar-refractivity contribution in [2.45, 2.75) is 18.3 Å². The molecular formula is C14H19NO3. The lowest BCUT2D eigenvalue weighted by Crippen LogP contribution is -2.47. The second kappa shape index (κ2) is 4.98. The number of aliphatic carboxylic acids is 1. The lowest BCUT2D eigenvalue weighted by Gasteiger charge is -2.42. The molecule has 98 valence electrons. The fraction of sp³-hybridized carbons (Fsp3) is 0.500. The predicted octanol–water partition coefficient (Wildman–Crippen LogP) is 1.89. The maximum atomic E-state index is 10.7. The SMILES string of the molecule is CN(C)c1ccc(C2(CCC(=O)O)COC2)cc1. The van der Waals surface area contributed by atoms with Crippen LogP contribution in [-0.4, -0.2) is 38.4 Å². The zero-order valence-corrected chi connectivity index (χ0v) is 10.8. The van der Waals surface area contributed by atoms with Gasteiger partial charge in [-0.05, 0) is 24.1 Å². The van der Waals surface area contributed by atoms with Gasteiger partial charge in [0.15, 0.2) is 0 Å². The van der Waals surface area contributed by atoms with Gasteiger partial charge in [0, 0.05) is 31.6 Å². The molecule has 4 heteroatoms. The Balaban J connectivity index is 2.14. The van der Waals surface area contributed by atoms with Crippen LogP contribution in [0.3, 0.4) is 0 Å². The molecule has 0 spiro atoms. The molecule has 0 saturated carbocycles. The summed E-state index contributed by atoms with van der Waals surface area (Å²) in [7, 11) is 4.00. The first-order chi connectivity index (χ1) is 8.53. The average Bonchev–Trinajstić information content (AvgIpc) is 2.28. The number of ether oxygens (including phenoxy) is 1. The molecule has 0 bridgehead atoms. The first-order valence-corrected chi connectivity index (χ1v) is 6.11. The molecule has 1 N–H and O–H groups in total. The van der Waals surface area contributed by atoms with Crippen molar-refractivity contribution in [3.05, 3.63) is 29.8 Å². The van der Waals surface area contributed by atoms with Gasteiger partial charge in [-0.25, -0.2) is 0 Å². The van der Waals surface area contributed by atoms with Crippen LogP contribution in [-0.2, 0) is 14.9 Å². The zero-order chi connectivity index (χ0) is 13.2. The number of carboxylic acid groups (broad SMARTS) is 1. The molecule has 0 amide bonds. The molecule has 1 aromatic rings. The minimum atomic E-state index is -0.744. The van der Waals surface area contributed by atoms with Gasteiger partial charge in [-0.15, -0.1) is 0 Å². The van der Waals surface area contributed by atoms with E-state index < -0.39 is 5.97 Å². The monoisotopic (exact) mass is 249 g/mol. The van der Waals surface area contributed by atoms with E-state index in [-0.39, 0.29) is 11.8 Å². The van der Waals surface area contributed by atoms with E-state index in [1.165, 1.54) is 5.56 Å². The summed E-state index contributed by atoms with van der Waals surface area (Å²) in [4.78, 5) is 12.8. The standard InChI is InChI=1S/C14H19NO3/c1-15(2)12-5-3-11(4-6-12)14(9-18-10-14)8-7-13(16)17/h3-6H,7-10H2,1-2H3,(H,16,17). The van der Waals surface area contributed by atoms with Crippen molar-refractivity contribution in [3.8, 4) is 0 Å². The number of hydrogen-bond acceptors (Lipinski definition) is 3. The Morgan fingerprint density at radius 1 is 1.33 bits per heavy atom. The van der Waals surface area contributed by atoms with Gasteiger partial charge in [0.05, 0.1) is 13.2 Å². The number of carbonyl (C=O) groups is 1. The van der Waals surface area contributed by atoms with Gasteiger partial charge < -0.3 is 14.7 Å². The normalized spacial score (nSPS) is 17.0. The van der Waals surface area contributed by atoms with Crippen LogP contribution in [0.5, 0.6) is 0 Å². The van der Waals surface area contributed by atoms with E-state index in [0.717, 1.165) is 5.69 Å². The molecular weight excluding hydrogens is 230 g/mol. The second-order valence-corrected chi connectivity index (χ2v) is 5.11. The van der Waals surface area contributed by atoms with Crippen molar-refractivity contribution in [1.82, 2.24) is 0 Å². The van der Waals surface area contributed by atoms with Crippen LogP contribution in [0.4, 0.5) is 5.69 Å². The highest BCUT2D eigenvalue weighted by Gasteiger charge is 2.40. The zero-order valence-electron chi connectivity index (χ0n) is 10.8. The Hall–Kier alpha value is -1.55. The summed E-state index contributed by atoms with van der Waals surface area (Å²) in [6.45, 7) is 1.25. The number of nitrogens with zero attached hydrogens (tertiary/aromatic N) is 1. The van der Waals surface area contributed by atoms with Crippen LogP contribution in [0, 0.1) is 0 Å². The summed E-state index contributed by atoms with van der Waals surface area (Å²) >= 11 is 0. The van der Waals surface area contributed by atoms with Gasteiger partial charge in [0.25, 0.3) is 0 Å².